The molecule has 2 N–H and O–H groups in total. The van der Waals surface area contributed by atoms with Crippen LogP contribution < -0.4 is 15.4 Å². The quantitative estimate of drug-likeness (QED) is 0.892. The van der Waals surface area contributed by atoms with Crippen molar-refractivity contribution in [3.8, 4) is 5.75 Å². The van der Waals surface area contributed by atoms with Gasteiger partial charge in [0.05, 0.1) is 17.8 Å². The largest absolute Gasteiger partial charge is 0.491 e. The molecule has 0 amide bonds. The van der Waals surface area contributed by atoms with Crippen molar-refractivity contribution in [3.63, 3.8) is 0 Å². The predicted molar refractivity (Wildman–Crippen MR) is 82.4 cm³/mol. The lowest BCUT2D eigenvalue weighted by atomic mass is 9.92. The average molecular weight is 275 g/mol. The molecule has 3 rings (SSSR count). The van der Waals surface area contributed by atoms with Gasteiger partial charge in [-0.2, -0.15) is 0 Å². The second-order valence-electron chi connectivity index (χ2n) is 6.22. The summed E-state index contributed by atoms with van der Waals surface area (Å²) >= 11 is 0. The van der Waals surface area contributed by atoms with E-state index >= 15 is 0 Å². The highest BCUT2D eigenvalue weighted by atomic mass is 16.5. The lowest BCUT2D eigenvalue weighted by Gasteiger charge is -2.42. The molecule has 0 radical (unpaired) electrons. The molecule has 0 aliphatic carbocycles. The highest BCUT2D eigenvalue weighted by Gasteiger charge is 2.45. The lowest BCUT2D eigenvalue weighted by molar-refractivity contribution is 0.312. The van der Waals surface area contributed by atoms with Crippen LogP contribution in [0, 0.1) is 0 Å². The molecule has 1 saturated heterocycles. The Hall–Kier alpha value is -1.26. The zero-order valence-corrected chi connectivity index (χ0v) is 12.5. The number of likely N-dealkylation sites (tertiary alicyclic amines) is 1. The zero-order valence-electron chi connectivity index (χ0n) is 12.5. The van der Waals surface area contributed by atoms with Crippen molar-refractivity contribution >= 4 is 5.69 Å². The van der Waals surface area contributed by atoms with Crippen LogP contribution in [-0.4, -0.2) is 49.8 Å². The Morgan fingerprint density at radius 1 is 1.40 bits per heavy atom. The maximum atomic E-state index is 6.22. The van der Waals surface area contributed by atoms with E-state index in [0.717, 1.165) is 38.3 Å². The number of anilines is 1. The Bertz CT molecular complexity index is 467. The summed E-state index contributed by atoms with van der Waals surface area (Å²) in [6.45, 7) is 5.82. The third kappa shape index (κ3) is 2.17. The number of likely N-dealkylation sites (N-methyl/N-ethyl adjacent to an activating group) is 1. The first-order valence-corrected chi connectivity index (χ1v) is 7.56. The molecule has 2 aliphatic rings. The van der Waals surface area contributed by atoms with Gasteiger partial charge in [-0.05, 0) is 38.9 Å². The Labute approximate surface area is 121 Å². The minimum Gasteiger partial charge on any atom is -0.491 e. The first kappa shape index (κ1) is 13.7. The van der Waals surface area contributed by atoms with Crippen LogP contribution in [0.2, 0.25) is 0 Å². The molecule has 1 aromatic carbocycles. The number of rotatable bonds is 2. The van der Waals surface area contributed by atoms with Crippen molar-refractivity contribution in [1.29, 1.82) is 0 Å². The number of nitrogens with two attached hydrogens (primary N) is 1. The number of benzene rings is 1. The molecule has 4 heteroatoms. The summed E-state index contributed by atoms with van der Waals surface area (Å²) in [5.74, 6) is 1.00. The molecule has 0 saturated carbocycles. The van der Waals surface area contributed by atoms with Gasteiger partial charge in [0.1, 0.15) is 5.75 Å². The molecule has 4 nitrogen and oxygen atoms in total. The Morgan fingerprint density at radius 3 is 2.90 bits per heavy atom. The summed E-state index contributed by atoms with van der Waals surface area (Å²) in [5, 5.41) is 0. The number of fused-ring (bicyclic) bond motifs is 1. The summed E-state index contributed by atoms with van der Waals surface area (Å²) in [5.41, 5.74) is 7.47. The normalized spacial score (nSPS) is 30.8. The highest BCUT2D eigenvalue weighted by molar-refractivity contribution is 5.61. The van der Waals surface area contributed by atoms with Crippen molar-refractivity contribution in [2.45, 2.75) is 31.3 Å². The van der Waals surface area contributed by atoms with Crippen LogP contribution in [-0.2, 0) is 0 Å². The number of ether oxygens (including phenoxy) is 1. The molecule has 1 aromatic rings. The van der Waals surface area contributed by atoms with Crippen molar-refractivity contribution in [2.24, 2.45) is 5.73 Å². The fraction of sp³-hybridized carbons (Fsp3) is 0.625. The second-order valence-corrected chi connectivity index (χ2v) is 6.22. The fourth-order valence-electron chi connectivity index (χ4n) is 3.66. The Balaban J connectivity index is 2.00. The van der Waals surface area contributed by atoms with E-state index in [1.54, 1.807) is 0 Å². The third-order valence-corrected chi connectivity index (χ3v) is 4.86. The van der Waals surface area contributed by atoms with E-state index < -0.39 is 0 Å². The summed E-state index contributed by atoms with van der Waals surface area (Å²) in [7, 11) is 2.20. The van der Waals surface area contributed by atoms with E-state index in [9.17, 15) is 0 Å². The predicted octanol–water partition coefficient (Wildman–Crippen LogP) is 1.70. The van der Waals surface area contributed by atoms with Gasteiger partial charge in [-0.1, -0.05) is 12.1 Å². The van der Waals surface area contributed by atoms with Crippen molar-refractivity contribution < 1.29 is 4.74 Å². The molecule has 20 heavy (non-hydrogen) atoms. The smallest absolute Gasteiger partial charge is 0.142 e. The van der Waals surface area contributed by atoms with Crippen LogP contribution in [0.15, 0.2) is 24.3 Å². The number of nitrogens with zero attached hydrogens (tertiary/aromatic N) is 2. The van der Waals surface area contributed by atoms with E-state index in [2.05, 4.69) is 42.0 Å². The fourth-order valence-corrected chi connectivity index (χ4v) is 3.66. The molecule has 2 aliphatic heterocycles. The molecule has 2 heterocycles. The van der Waals surface area contributed by atoms with Gasteiger partial charge >= 0.3 is 0 Å². The number of hydrogen-bond donors (Lipinski definition) is 1. The summed E-state index contributed by atoms with van der Waals surface area (Å²) in [4.78, 5) is 4.93. The van der Waals surface area contributed by atoms with Crippen LogP contribution in [0.3, 0.4) is 0 Å². The van der Waals surface area contributed by atoms with Crippen LogP contribution in [0.4, 0.5) is 5.69 Å². The van der Waals surface area contributed by atoms with Gasteiger partial charge in [0.2, 0.25) is 0 Å². The van der Waals surface area contributed by atoms with E-state index in [1.165, 1.54) is 5.69 Å². The standard InChI is InChI=1S/C16H25N3O/c1-13-10-16(11-17,12-18(13)2)19-8-5-9-20-15-7-4-3-6-14(15)19/h3-4,6-7,13H,5,8-12,17H2,1-2H3. The first-order chi connectivity index (χ1) is 9.66. The summed E-state index contributed by atoms with van der Waals surface area (Å²) < 4.78 is 5.89. The van der Waals surface area contributed by atoms with Gasteiger partial charge in [-0.3, -0.25) is 0 Å². The van der Waals surface area contributed by atoms with Gasteiger partial charge in [0, 0.05) is 25.7 Å². The molecule has 2 unspecified atom stereocenters. The van der Waals surface area contributed by atoms with Crippen LogP contribution in [0.1, 0.15) is 19.8 Å². The van der Waals surface area contributed by atoms with Gasteiger partial charge in [-0.15, -0.1) is 0 Å². The van der Waals surface area contributed by atoms with E-state index in [0.29, 0.717) is 12.6 Å². The SMILES string of the molecule is CC1CC(CN)(N2CCCOc3ccccc32)CN1C. The van der Waals surface area contributed by atoms with Gasteiger partial charge < -0.3 is 20.3 Å². The van der Waals surface area contributed by atoms with E-state index in [4.69, 9.17) is 10.5 Å². The average Bonchev–Trinajstić information content (AvgIpc) is 2.65. The maximum absolute atomic E-state index is 6.22. The topological polar surface area (TPSA) is 41.7 Å². The second kappa shape index (κ2) is 5.26. The van der Waals surface area contributed by atoms with E-state index in [-0.39, 0.29) is 5.54 Å². The van der Waals surface area contributed by atoms with Crippen LogP contribution in [0.5, 0.6) is 5.75 Å². The Kier molecular flexibility index (Phi) is 3.61. The van der Waals surface area contributed by atoms with Crippen LogP contribution in [0.25, 0.3) is 0 Å². The van der Waals surface area contributed by atoms with Crippen LogP contribution >= 0.6 is 0 Å². The van der Waals surface area contributed by atoms with Gasteiger partial charge in [0.15, 0.2) is 0 Å². The maximum Gasteiger partial charge on any atom is 0.142 e. The molecule has 0 spiro atoms. The lowest BCUT2D eigenvalue weighted by Crippen LogP contribution is -2.56. The third-order valence-electron chi connectivity index (χ3n) is 4.86. The Morgan fingerprint density at radius 2 is 2.20 bits per heavy atom. The summed E-state index contributed by atoms with van der Waals surface area (Å²) in [6.07, 6.45) is 2.17. The highest BCUT2D eigenvalue weighted by Crippen LogP contribution is 2.39. The van der Waals surface area contributed by atoms with Crippen molar-refractivity contribution in [3.05, 3.63) is 24.3 Å². The molecule has 0 bridgehead atoms. The molecule has 1 fully saturated rings. The summed E-state index contributed by atoms with van der Waals surface area (Å²) in [6, 6.07) is 8.95. The minimum atomic E-state index is 0.0397. The molecule has 2 atom stereocenters. The minimum absolute atomic E-state index is 0.0397. The van der Waals surface area contributed by atoms with Crippen molar-refractivity contribution in [1.82, 2.24) is 4.90 Å². The monoisotopic (exact) mass is 275 g/mol. The van der Waals surface area contributed by atoms with Gasteiger partial charge in [-0.25, -0.2) is 0 Å². The number of hydrogen-bond acceptors (Lipinski definition) is 4. The first-order valence-electron chi connectivity index (χ1n) is 7.56. The van der Waals surface area contributed by atoms with E-state index in [1.807, 2.05) is 6.07 Å². The zero-order chi connectivity index (χ0) is 14.2. The van der Waals surface area contributed by atoms with Gasteiger partial charge in [0.25, 0.3) is 0 Å². The molecule has 0 aromatic heterocycles. The molecular formula is C16H25N3O. The number of para-hydroxylation sites is 2. The molecular weight excluding hydrogens is 250 g/mol. The molecule has 110 valence electrons. The van der Waals surface area contributed by atoms with Crippen molar-refractivity contribution in [2.75, 3.05) is 38.2 Å².